The molecule has 0 aliphatic heterocycles. The van der Waals surface area contributed by atoms with E-state index in [4.69, 9.17) is 0 Å². The molecule has 0 saturated heterocycles. The average molecular weight is 264 g/mol. The molecule has 1 aromatic heterocycles. The van der Waals surface area contributed by atoms with Crippen molar-refractivity contribution in [2.45, 2.75) is 13.5 Å². The first kappa shape index (κ1) is 14.2. The first-order chi connectivity index (χ1) is 8.16. The number of aromatic nitrogens is 1. The van der Waals surface area contributed by atoms with E-state index in [1.165, 1.54) is 0 Å². The van der Waals surface area contributed by atoms with Crippen molar-refractivity contribution in [3.05, 3.63) is 59.9 Å². The number of benzene rings is 1. The molecule has 0 bridgehead atoms. The number of hydrogen-bond acceptors (Lipinski definition) is 2. The van der Waals surface area contributed by atoms with Crippen LogP contribution >= 0.6 is 0 Å². The topological polar surface area (TPSA) is 41.2 Å². The first-order valence-electron chi connectivity index (χ1n) is 5.44. The van der Waals surface area contributed by atoms with Crippen molar-refractivity contribution in [3.63, 3.8) is 0 Å². The van der Waals surface area contributed by atoms with Crippen molar-refractivity contribution >= 4 is 5.78 Å². The summed E-state index contributed by atoms with van der Waals surface area (Å²) in [4.78, 5) is 12.0. The van der Waals surface area contributed by atoms with E-state index >= 15 is 0 Å². The fourth-order valence-corrected chi connectivity index (χ4v) is 1.66. The van der Waals surface area contributed by atoms with E-state index < -0.39 is 0 Å². The van der Waals surface area contributed by atoms with Crippen molar-refractivity contribution in [2.75, 3.05) is 0 Å². The molecule has 0 radical (unpaired) electrons. The van der Waals surface area contributed by atoms with Gasteiger partial charge in [0.15, 0.2) is 12.4 Å². The standard InChI is InChI=1S/C14H13NO2.ClH/c1-11-5-6-13(16)12(9-11)14(17)10-15-7-3-2-4-8-15;/h2-9H,10H2,1H3;1H. The molecule has 0 spiro atoms. The molecule has 0 aliphatic rings. The summed E-state index contributed by atoms with van der Waals surface area (Å²) in [7, 11) is 0. The number of phenols is 1. The molecule has 0 aliphatic carbocycles. The van der Waals surface area contributed by atoms with E-state index in [0.717, 1.165) is 5.56 Å². The van der Waals surface area contributed by atoms with Gasteiger partial charge in [-0.05, 0) is 19.1 Å². The van der Waals surface area contributed by atoms with Crippen LogP contribution in [0.2, 0.25) is 0 Å². The van der Waals surface area contributed by atoms with Gasteiger partial charge in [-0.2, -0.15) is 4.57 Å². The van der Waals surface area contributed by atoms with Gasteiger partial charge in [0.2, 0.25) is 12.3 Å². The van der Waals surface area contributed by atoms with E-state index in [1.807, 2.05) is 37.5 Å². The Morgan fingerprint density at radius 3 is 2.56 bits per heavy atom. The number of nitrogens with zero attached hydrogens (tertiary/aromatic N) is 1. The zero-order chi connectivity index (χ0) is 12.3. The van der Waals surface area contributed by atoms with E-state index in [9.17, 15) is 9.90 Å². The number of aryl methyl sites for hydroxylation is 1. The number of phenolic OH excluding ortho intramolecular Hbond substituents is 1. The minimum absolute atomic E-state index is 0. The summed E-state index contributed by atoms with van der Waals surface area (Å²) >= 11 is 0. The second kappa shape index (κ2) is 6.17. The third-order valence-electron chi connectivity index (χ3n) is 2.56. The van der Waals surface area contributed by atoms with Crippen LogP contribution in [0.3, 0.4) is 0 Å². The highest BCUT2D eigenvalue weighted by Crippen LogP contribution is 2.18. The number of pyridine rings is 1. The quantitative estimate of drug-likeness (QED) is 0.563. The molecule has 0 atom stereocenters. The highest BCUT2D eigenvalue weighted by Gasteiger charge is 2.15. The third-order valence-corrected chi connectivity index (χ3v) is 2.56. The summed E-state index contributed by atoms with van der Waals surface area (Å²) in [5, 5.41) is 9.65. The number of carbonyl (C=O) groups is 1. The second-order valence-electron chi connectivity index (χ2n) is 3.99. The van der Waals surface area contributed by atoms with Crippen molar-refractivity contribution < 1.29 is 26.9 Å². The minimum Gasteiger partial charge on any atom is -1.00 e. The molecule has 1 N–H and O–H groups in total. The largest absolute Gasteiger partial charge is 1.00 e. The summed E-state index contributed by atoms with van der Waals surface area (Å²) in [5.41, 5.74) is 1.34. The zero-order valence-corrected chi connectivity index (χ0v) is 10.8. The van der Waals surface area contributed by atoms with Crippen LogP contribution in [0.25, 0.3) is 0 Å². The number of halogens is 1. The van der Waals surface area contributed by atoms with Gasteiger partial charge in [-0.3, -0.25) is 4.79 Å². The number of hydrogen-bond donors (Lipinski definition) is 1. The summed E-state index contributed by atoms with van der Waals surface area (Å²) in [5.74, 6) is -0.0560. The molecule has 0 amide bonds. The summed E-state index contributed by atoms with van der Waals surface area (Å²) < 4.78 is 1.78. The molecule has 0 unspecified atom stereocenters. The predicted molar refractivity (Wildman–Crippen MR) is 63.8 cm³/mol. The van der Waals surface area contributed by atoms with Crippen molar-refractivity contribution in [1.82, 2.24) is 0 Å². The minimum atomic E-state index is -0.0950. The Bertz CT molecular complexity index is 541. The van der Waals surface area contributed by atoms with Gasteiger partial charge >= 0.3 is 0 Å². The van der Waals surface area contributed by atoms with Gasteiger partial charge < -0.3 is 17.5 Å². The van der Waals surface area contributed by atoms with Crippen LogP contribution in [0.5, 0.6) is 5.75 Å². The Morgan fingerprint density at radius 1 is 1.22 bits per heavy atom. The smallest absolute Gasteiger partial charge is 0.231 e. The SMILES string of the molecule is Cc1ccc(O)c(C(=O)C[n+]2ccccc2)c1.[Cl-]. The van der Waals surface area contributed by atoms with E-state index in [2.05, 4.69) is 0 Å². The maximum atomic E-state index is 12.0. The molecule has 0 fully saturated rings. The maximum Gasteiger partial charge on any atom is 0.231 e. The van der Waals surface area contributed by atoms with Crippen molar-refractivity contribution in [2.24, 2.45) is 0 Å². The van der Waals surface area contributed by atoms with Crippen LogP contribution in [0.1, 0.15) is 15.9 Å². The van der Waals surface area contributed by atoms with Crippen LogP contribution in [-0.4, -0.2) is 10.9 Å². The Morgan fingerprint density at radius 2 is 1.89 bits per heavy atom. The third kappa shape index (κ3) is 3.31. The Kier molecular flexibility index (Phi) is 4.86. The molecule has 3 nitrogen and oxygen atoms in total. The van der Waals surface area contributed by atoms with Gasteiger partial charge in [0.1, 0.15) is 5.75 Å². The maximum absolute atomic E-state index is 12.0. The molecule has 1 aromatic carbocycles. The van der Waals surface area contributed by atoms with Gasteiger partial charge in [0.05, 0.1) is 5.56 Å². The number of carbonyl (C=O) groups excluding carboxylic acids is 1. The van der Waals surface area contributed by atoms with Gasteiger partial charge in [-0.1, -0.05) is 17.7 Å². The number of ketones is 1. The van der Waals surface area contributed by atoms with Gasteiger partial charge in [0.25, 0.3) is 0 Å². The number of rotatable bonds is 3. The first-order valence-corrected chi connectivity index (χ1v) is 5.44. The number of Topliss-reactive ketones (excluding diaryl/α,β-unsaturated/α-hetero) is 1. The summed E-state index contributed by atoms with van der Waals surface area (Å²) in [6.07, 6.45) is 3.65. The fourth-order valence-electron chi connectivity index (χ4n) is 1.66. The Labute approximate surface area is 112 Å². The van der Waals surface area contributed by atoms with Crippen LogP contribution in [-0.2, 0) is 6.54 Å². The molecule has 4 heteroatoms. The molecular weight excluding hydrogens is 250 g/mol. The highest BCUT2D eigenvalue weighted by atomic mass is 35.5. The molecule has 2 aromatic rings. The summed E-state index contributed by atoms with van der Waals surface area (Å²) in [6.45, 7) is 2.13. The number of aromatic hydroxyl groups is 1. The van der Waals surface area contributed by atoms with Crippen molar-refractivity contribution in [3.8, 4) is 5.75 Å². The second-order valence-corrected chi connectivity index (χ2v) is 3.99. The highest BCUT2D eigenvalue weighted by molar-refractivity contribution is 5.97. The Hall–Kier alpha value is -1.87. The van der Waals surface area contributed by atoms with Crippen molar-refractivity contribution in [1.29, 1.82) is 0 Å². The average Bonchev–Trinajstić information content (AvgIpc) is 2.33. The molecule has 1 heterocycles. The van der Waals surface area contributed by atoms with Gasteiger partial charge in [0, 0.05) is 12.1 Å². The molecule has 94 valence electrons. The fraction of sp³-hybridized carbons (Fsp3) is 0.143. The zero-order valence-electron chi connectivity index (χ0n) is 10.0. The lowest BCUT2D eigenvalue weighted by atomic mass is 10.1. The molecule has 0 saturated carbocycles. The molecule has 2 rings (SSSR count). The van der Waals surface area contributed by atoms with E-state index in [1.54, 1.807) is 22.8 Å². The lowest BCUT2D eigenvalue weighted by Crippen LogP contribution is -3.00. The van der Waals surface area contributed by atoms with Gasteiger partial charge in [-0.15, -0.1) is 0 Å². The molecular formula is C14H14ClNO2. The van der Waals surface area contributed by atoms with Crippen LogP contribution in [0, 0.1) is 6.92 Å². The van der Waals surface area contributed by atoms with Crippen LogP contribution < -0.4 is 17.0 Å². The molecule has 18 heavy (non-hydrogen) atoms. The summed E-state index contributed by atoms with van der Waals surface area (Å²) in [6, 6.07) is 10.7. The van der Waals surface area contributed by atoms with Crippen LogP contribution in [0.4, 0.5) is 0 Å². The normalized spacial score (nSPS) is 9.61. The monoisotopic (exact) mass is 263 g/mol. The predicted octanol–water partition coefficient (Wildman–Crippen LogP) is -1.12. The Balaban J connectivity index is 0.00000162. The lowest BCUT2D eigenvalue weighted by molar-refractivity contribution is -0.683. The van der Waals surface area contributed by atoms with E-state index in [-0.39, 0.29) is 30.5 Å². The van der Waals surface area contributed by atoms with Gasteiger partial charge in [-0.25, -0.2) is 0 Å². The lowest BCUT2D eigenvalue weighted by Gasteiger charge is -2.02. The van der Waals surface area contributed by atoms with E-state index in [0.29, 0.717) is 5.56 Å². The van der Waals surface area contributed by atoms with Crippen LogP contribution in [0.15, 0.2) is 48.8 Å².